The van der Waals surface area contributed by atoms with Crippen molar-refractivity contribution in [3.8, 4) is 10.6 Å². The Bertz CT molecular complexity index is 1290. The molecular formula is C30H33O3S+. The summed E-state index contributed by atoms with van der Waals surface area (Å²) in [4.78, 5) is 13.8. The molecule has 0 bridgehead atoms. The summed E-state index contributed by atoms with van der Waals surface area (Å²) in [7, 11) is -0.0681. The van der Waals surface area contributed by atoms with Gasteiger partial charge < -0.3 is 9.47 Å². The second kappa shape index (κ2) is 9.27. The van der Waals surface area contributed by atoms with Crippen molar-refractivity contribution in [2.75, 3.05) is 6.61 Å². The Morgan fingerprint density at radius 1 is 0.824 bits per heavy atom. The smallest absolute Gasteiger partial charge is 0.345 e. The third-order valence-electron chi connectivity index (χ3n) is 6.09. The van der Waals surface area contributed by atoms with Crippen LogP contribution >= 0.6 is 10.5 Å². The SMILES string of the molecule is Cc1c[s+](-c2ccc(OCC(=O)OC(C)(C)c3ccc(C(C)(C)C)cc3)cc2)c2ccccc12. The largest absolute Gasteiger partial charge is 0.482 e. The van der Waals surface area contributed by atoms with E-state index in [0.717, 1.165) is 5.56 Å². The Balaban J connectivity index is 1.38. The molecule has 0 saturated carbocycles. The minimum Gasteiger partial charge on any atom is -0.482 e. The summed E-state index contributed by atoms with van der Waals surface area (Å²) in [6.45, 7) is 12.4. The average Bonchev–Trinajstić information content (AvgIpc) is 3.14. The molecule has 0 amide bonds. The molecule has 1 atom stereocenters. The number of rotatable bonds is 6. The van der Waals surface area contributed by atoms with Crippen molar-refractivity contribution in [2.24, 2.45) is 0 Å². The van der Waals surface area contributed by atoms with Crippen LogP contribution in [0, 0.1) is 6.92 Å². The van der Waals surface area contributed by atoms with Gasteiger partial charge in [0.05, 0.1) is 0 Å². The fourth-order valence-corrected chi connectivity index (χ4v) is 6.17. The number of fused-ring (bicyclic) bond motifs is 1. The van der Waals surface area contributed by atoms with Crippen molar-refractivity contribution in [1.29, 1.82) is 0 Å². The Morgan fingerprint density at radius 2 is 1.44 bits per heavy atom. The van der Waals surface area contributed by atoms with Gasteiger partial charge in [0.25, 0.3) is 0 Å². The van der Waals surface area contributed by atoms with Gasteiger partial charge >= 0.3 is 5.97 Å². The van der Waals surface area contributed by atoms with E-state index in [4.69, 9.17) is 9.47 Å². The lowest BCUT2D eigenvalue weighted by Gasteiger charge is -2.27. The molecule has 0 spiro atoms. The summed E-state index contributed by atoms with van der Waals surface area (Å²) in [5.41, 5.74) is 2.87. The maximum absolute atomic E-state index is 12.5. The summed E-state index contributed by atoms with van der Waals surface area (Å²) in [5, 5.41) is 3.65. The zero-order valence-corrected chi connectivity index (χ0v) is 21.7. The van der Waals surface area contributed by atoms with Gasteiger partial charge in [-0.3, -0.25) is 0 Å². The van der Waals surface area contributed by atoms with Gasteiger partial charge in [-0.25, -0.2) is 4.79 Å². The van der Waals surface area contributed by atoms with Gasteiger partial charge in [-0.15, -0.1) is 0 Å². The standard InChI is InChI=1S/C30H33O3S/c1-21-20-34(27-10-8-7-9-26(21)27)25-17-15-24(16-18-25)32-19-28(31)33-30(5,6)23-13-11-22(12-14-23)29(2,3)4/h7-18,20H,19H2,1-6H3/q+1. The number of carbonyl (C=O) groups excluding carboxylic acids is 1. The molecular weight excluding hydrogens is 440 g/mol. The van der Waals surface area contributed by atoms with Crippen LogP contribution in [-0.4, -0.2) is 12.6 Å². The van der Waals surface area contributed by atoms with Crippen LogP contribution in [0.4, 0.5) is 0 Å². The number of benzene rings is 3. The van der Waals surface area contributed by atoms with E-state index in [1.54, 1.807) is 0 Å². The summed E-state index contributed by atoms with van der Waals surface area (Å²) in [5.74, 6) is 0.268. The molecule has 4 heteroatoms. The van der Waals surface area contributed by atoms with Crippen LogP contribution in [0.3, 0.4) is 0 Å². The molecule has 4 rings (SSSR count). The van der Waals surface area contributed by atoms with Crippen molar-refractivity contribution >= 4 is 26.5 Å². The third-order valence-corrected chi connectivity index (χ3v) is 8.29. The first-order valence-electron chi connectivity index (χ1n) is 11.6. The molecule has 34 heavy (non-hydrogen) atoms. The van der Waals surface area contributed by atoms with Crippen LogP contribution in [0.15, 0.2) is 78.2 Å². The van der Waals surface area contributed by atoms with Crippen LogP contribution in [-0.2, 0) is 20.5 Å². The van der Waals surface area contributed by atoms with E-state index in [0.29, 0.717) is 5.75 Å². The molecule has 4 aromatic rings. The summed E-state index contributed by atoms with van der Waals surface area (Å²) in [6.07, 6.45) is 0. The monoisotopic (exact) mass is 473 g/mol. The quantitative estimate of drug-likeness (QED) is 0.210. The molecule has 176 valence electrons. The maximum Gasteiger partial charge on any atom is 0.345 e. The molecule has 1 heterocycles. The summed E-state index contributed by atoms with van der Waals surface area (Å²) < 4.78 is 12.8. The Kier molecular flexibility index (Phi) is 6.55. The van der Waals surface area contributed by atoms with Gasteiger partial charge in [0, 0.05) is 33.6 Å². The first kappa shape index (κ1) is 24.0. The van der Waals surface area contributed by atoms with E-state index in [1.165, 1.54) is 26.1 Å². The first-order chi connectivity index (χ1) is 16.0. The minimum atomic E-state index is -0.734. The third kappa shape index (κ3) is 5.18. The molecule has 0 N–H and O–H groups in total. The minimum absolute atomic E-state index is 0.0681. The molecule has 0 radical (unpaired) electrons. The van der Waals surface area contributed by atoms with Crippen molar-refractivity contribution in [2.45, 2.75) is 52.6 Å². The Morgan fingerprint density at radius 3 is 2.09 bits per heavy atom. The van der Waals surface area contributed by atoms with E-state index >= 15 is 0 Å². The fraction of sp³-hybridized carbons (Fsp3) is 0.300. The van der Waals surface area contributed by atoms with Gasteiger partial charge in [0.15, 0.2) is 16.2 Å². The number of carbonyl (C=O) groups is 1. The molecule has 0 fully saturated rings. The number of thiophene rings is 1. The predicted octanol–water partition coefficient (Wildman–Crippen LogP) is 8.04. The normalized spacial score (nSPS) is 12.6. The average molecular weight is 474 g/mol. The highest BCUT2D eigenvalue weighted by Gasteiger charge is 2.26. The van der Waals surface area contributed by atoms with Gasteiger partial charge in [-0.1, -0.05) is 57.2 Å². The van der Waals surface area contributed by atoms with Crippen molar-refractivity contribution in [3.05, 3.63) is 94.9 Å². The number of aryl methyl sites for hydroxylation is 1. The number of ether oxygens (including phenoxy) is 2. The van der Waals surface area contributed by atoms with E-state index in [1.807, 2.05) is 38.1 Å². The molecule has 1 unspecified atom stereocenters. The molecule has 1 aromatic heterocycles. The lowest BCUT2D eigenvalue weighted by atomic mass is 9.85. The molecule has 0 saturated heterocycles. The van der Waals surface area contributed by atoms with Crippen LogP contribution in [0.25, 0.3) is 15.0 Å². The summed E-state index contributed by atoms with van der Waals surface area (Å²) in [6, 6.07) is 24.8. The molecule has 0 aliphatic carbocycles. The highest BCUT2D eigenvalue weighted by molar-refractivity contribution is 7.43. The maximum atomic E-state index is 12.5. The van der Waals surface area contributed by atoms with Crippen LogP contribution in [0.1, 0.15) is 51.3 Å². The Labute approximate surface area is 205 Å². The van der Waals surface area contributed by atoms with Gasteiger partial charge in [0.2, 0.25) is 0 Å². The van der Waals surface area contributed by atoms with Gasteiger partial charge in [-0.2, -0.15) is 0 Å². The predicted molar refractivity (Wildman–Crippen MR) is 142 cm³/mol. The van der Waals surface area contributed by atoms with E-state index in [9.17, 15) is 4.79 Å². The van der Waals surface area contributed by atoms with Crippen molar-refractivity contribution in [3.63, 3.8) is 0 Å². The highest BCUT2D eigenvalue weighted by atomic mass is 32.2. The molecule has 3 nitrogen and oxygen atoms in total. The zero-order valence-electron chi connectivity index (χ0n) is 20.8. The highest BCUT2D eigenvalue weighted by Crippen LogP contribution is 2.42. The van der Waals surface area contributed by atoms with E-state index in [2.05, 4.69) is 81.6 Å². The Hall–Kier alpha value is -3.11. The number of hydrogen-bond acceptors (Lipinski definition) is 3. The molecule has 0 aliphatic heterocycles. The van der Waals surface area contributed by atoms with E-state index in [-0.39, 0.29) is 28.5 Å². The van der Waals surface area contributed by atoms with Crippen molar-refractivity contribution in [1.82, 2.24) is 0 Å². The lowest BCUT2D eigenvalue weighted by Crippen LogP contribution is -2.28. The van der Waals surface area contributed by atoms with E-state index < -0.39 is 5.60 Å². The summed E-state index contributed by atoms with van der Waals surface area (Å²) >= 11 is 0. The molecule has 0 aliphatic rings. The van der Waals surface area contributed by atoms with Gasteiger partial charge in [0.1, 0.15) is 16.7 Å². The van der Waals surface area contributed by atoms with Crippen LogP contribution in [0.2, 0.25) is 0 Å². The lowest BCUT2D eigenvalue weighted by molar-refractivity contribution is -0.159. The fourth-order valence-electron chi connectivity index (χ4n) is 4.05. The second-order valence-corrected chi connectivity index (χ2v) is 12.0. The zero-order chi connectivity index (χ0) is 24.5. The first-order valence-corrected chi connectivity index (χ1v) is 12.9. The second-order valence-electron chi connectivity index (χ2n) is 10.2. The topological polar surface area (TPSA) is 35.5 Å². The van der Waals surface area contributed by atoms with Gasteiger partial charge in [-0.05, 0) is 61.6 Å². The van der Waals surface area contributed by atoms with Crippen molar-refractivity contribution < 1.29 is 14.3 Å². The number of esters is 1. The van der Waals surface area contributed by atoms with Crippen LogP contribution in [0.5, 0.6) is 5.75 Å². The molecule has 3 aromatic carbocycles. The number of hydrogen-bond donors (Lipinski definition) is 0. The van der Waals surface area contributed by atoms with Crippen LogP contribution < -0.4 is 4.74 Å².